The van der Waals surface area contributed by atoms with Crippen LogP contribution in [0.25, 0.3) is 5.57 Å². The summed E-state index contributed by atoms with van der Waals surface area (Å²) in [7, 11) is 0. The van der Waals surface area contributed by atoms with Gasteiger partial charge in [0.2, 0.25) is 0 Å². The van der Waals surface area contributed by atoms with Crippen LogP contribution >= 0.6 is 11.8 Å². The highest BCUT2D eigenvalue weighted by molar-refractivity contribution is 8.04. The zero-order chi connectivity index (χ0) is 21.7. The minimum absolute atomic E-state index is 0.157. The number of nitrogens with zero attached hydrogens (tertiary/aromatic N) is 1. The fourth-order valence-electron chi connectivity index (χ4n) is 2.92. The molecule has 6 nitrogen and oxygen atoms in total. The van der Waals surface area contributed by atoms with Crippen LogP contribution in [0.3, 0.4) is 0 Å². The van der Waals surface area contributed by atoms with Crippen molar-refractivity contribution in [2.45, 2.75) is 13.3 Å². The molecule has 2 aromatic rings. The lowest BCUT2D eigenvalue weighted by atomic mass is 10.1. The molecule has 0 spiro atoms. The van der Waals surface area contributed by atoms with Gasteiger partial charge in [0.25, 0.3) is 11.8 Å². The zero-order valence-corrected chi connectivity index (χ0v) is 17.1. The van der Waals surface area contributed by atoms with Gasteiger partial charge in [-0.2, -0.15) is 0 Å². The Bertz CT molecular complexity index is 986. The van der Waals surface area contributed by atoms with Gasteiger partial charge in [0, 0.05) is 5.75 Å². The Kier molecular flexibility index (Phi) is 7.02. The SMILES string of the molecule is CCCOC(=O)c1ccc(N2C(=O)C(SCCO)=C(c3ccc(F)cc3)C2=O)cc1. The fourth-order valence-corrected chi connectivity index (χ4v) is 3.78. The van der Waals surface area contributed by atoms with Crippen molar-refractivity contribution in [3.8, 4) is 0 Å². The summed E-state index contributed by atoms with van der Waals surface area (Å²) in [5, 5.41) is 9.15. The second-order valence-electron chi connectivity index (χ2n) is 6.41. The maximum atomic E-state index is 13.3. The molecule has 2 amide bonds. The second-order valence-corrected chi connectivity index (χ2v) is 7.52. The number of halogens is 1. The minimum Gasteiger partial charge on any atom is -0.462 e. The monoisotopic (exact) mass is 429 g/mol. The van der Waals surface area contributed by atoms with Gasteiger partial charge in [-0.15, -0.1) is 11.8 Å². The number of aliphatic hydroxyl groups is 1. The maximum absolute atomic E-state index is 13.3. The van der Waals surface area contributed by atoms with E-state index in [0.717, 1.165) is 16.7 Å². The van der Waals surface area contributed by atoms with E-state index in [1.165, 1.54) is 48.5 Å². The molecule has 0 aromatic heterocycles. The molecule has 2 aromatic carbocycles. The first-order valence-electron chi connectivity index (χ1n) is 9.37. The number of thioether (sulfide) groups is 1. The van der Waals surface area contributed by atoms with Crippen LogP contribution in [0, 0.1) is 5.82 Å². The number of esters is 1. The molecule has 1 N–H and O–H groups in total. The normalized spacial score (nSPS) is 13.9. The molecule has 0 bridgehead atoms. The summed E-state index contributed by atoms with van der Waals surface area (Å²) in [6, 6.07) is 11.3. The smallest absolute Gasteiger partial charge is 0.338 e. The highest BCUT2D eigenvalue weighted by atomic mass is 32.2. The topological polar surface area (TPSA) is 83.9 Å². The van der Waals surface area contributed by atoms with Crippen LogP contribution in [-0.4, -0.2) is 41.9 Å². The summed E-state index contributed by atoms with van der Waals surface area (Å²) in [6.07, 6.45) is 0.701. The highest BCUT2D eigenvalue weighted by Crippen LogP contribution is 2.38. The van der Waals surface area contributed by atoms with E-state index in [1.807, 2.05) is 6.92 Å². The number of carbonyl (C=O) groups excluding carboxylic acids is 3. The van der Waals surface area contributed by atoms with Gasteiger partial charge in [0.1, 0.15) is 5.82 Å². The van der Waals surface area contributed by atoms with E-state index in [9.17, 15) is 18.8 Å². The van der Waals surface area contributed by atoms with E-state index in [2.05, 4.69) is 0 Å². The van der Waals surface area contributed by atoms with Crippen LogP contribution < -0.4 is 4.90 Å². The van der Waals surface area contributed by atoms with Gasteiger partial charge >= 0.3 is 5.97 Å². The summed E-state index contributed by atoms with van der Waals surface area (Å²) in [5.41, 5.74) is 1.19. The van der Waals surface area contributed by atoms with Crippen molar-refractivity contribution < 1.29 is 28.6 Å². The van der Waals surface area contributed by atoms with Crippen molar-refractivity contribution in [2.24, 2.45) is 0 Å². The average molecular weight is 429 g/mol. The van der Waals surface area contributed by atoms with Crippen molar-refractivity contribution in [1.29, 1.82) is 0 Å². The van der Waals surface area contributed by atoms with E-state index >= 15 is 0 Å². The van der Waals surface area contributed by atoms with Crippen LogP contribution in [-0.2, 0) is 14.3 Å². The standard InChI is InChI=1S/C22H20FNO5S/c1-2-12-29-22(28)15-5-9-17(10-6-15)24-20(26)18(14-3-7-16(23)8-4-14)19(21(24)27)30-13-11-25/h3-10,25H,2,11-13H2,1H3. The molecule has 0 unspecified atom stereocenters. The number of aliphatic hydroxyl groups excluding tert-OH is 1. The summed E-state index contributed by atoms with van der Waals surface area (Å²) in [5.74, 6) is -1.78. The molecule has 156 valence electrons. The molecular formula is C22H20FNO5S. The Hall–Kier alpha value is -2.97. The summed E-state index contributed by atoms with van der Waals surface area (Å²) < 4.78 is 18.4. The third kappa shape index (κ3) is 4.44. The molecule has 1 heterocycles. The van der Waals surface area contributed by atoms with E-state index in [-0.39, 0.29) is 22.8 Å². The Balaban J connectivity index is 1.92. The van der Waals surface area contributed by atoms with Gasteiger partial charge in [-0.25, -0.2) is 14.1 Å². The Morgan fingerprint density at radius 3 is 2.33 bits per heavy atom. The Morgan fingerprint density at radius 1 is 1.07 bits per heavy atom. The van der Waals surface area contributed by atoms with Crippen molar-refractivity contribution in [1.82, 2.24) is 0 Å². The predicted octanol–water partition coefficient (Wildman–Crippen LogP) is 3.40. The number of rotatable bonds is 8. The third-order valence-corrected chi connectivity index (χ3v) is 5.36. The summed E-state index contributed by atoms with van der Waals surface area (Å²) >= 11 is 1.07. The number of anilines is 1. The van der Waals surface area contributed by atoms with Crippen LogP contribution in [0.4, 0.5) is 10.1 Å². The van der Waals surface area contributed by atoms with Crippen molar-refractivity contribution in [3.05, 3.63) is 70.4 Å². The van der Waals surface area contributed by atoms with Crippen molar-refractivity contribution in [3.63, 3.8) is 0 Å². The quantitative estimate of drug-likeness (QED) is 0.512. The lowest BCUT2D eigenvalue weighted by Crippen LogP contribution is -2.31. The number of benzene rings is 2. The van der Waals surface area contributed by atoms with Crippen LogP contribution in [0.15, 0.2) is 53.4 Å². The molecule has 3 rings (SSSR count). The molecule has 1 aliphatic rings. The van der Waals surface area contributed by atoms with E-state index in [0.29, 0.717) is 29.8 Å². The van der Waals surface area contributed by atoms with Gasteiger partial charge in [0.15, 0.2) is 0 Å². The molecule has 0 radical (unpaired) electrons. The molecular weight excluding hydrogens is 409 g/mol. The lowest BCUT2D eigenvalue weighted by Gasteiger charge is -2.15. The van der Waals surface area contributed by atoms with E-state index < -0.39 is 23.6 Å². The Morgan fingerprint density at radius 2 is 1.73 bits per heavy atom. The number of carbonyl (C=O) groups is 3. The number of hydrogen-bond acceptors (Lipinski definition) is 6. The predicted molar refractivity (Wildman–Crippen MR) is 112 cm³/mol. The number of amides is 2. The van der Waals surface area contributed by atoms with Gasteiger partial charge in [-0.1, -0.05) is 19.1 Å². The number of ether oxygens (including phenoxy) is 1. The Labute approximate surface area is 177 Å². The molecule has 0 atom stereocenters. The number of imide groups is 1. The molecule has 8 heteroatoms. The first kappa shape index (κ1) is 21.7. The zero-order valence-electron chi connectivity index (χ0n) is 16.3. The van der Waals surface area contributed by atoms with Crippen LogP contribution in [0.2, 0.25) is 0 Å². The first-order chi connectivity index (χ1) is 14.5. The van der Waals surface area contributed by atoms with Gasteiger partial charge in [0.05, 0.1) is 34.9 Å². The minimum atomic E-state index is -0.548. The van der Waals surface area contributed by atoms with Crippen LogP contribution in [0.5, 0.6) is 0 Å². The maximum Gasteiger partial charge on any atom is 0.338 e. The van der Waals surface area contributed by atoms with Crippen LogP contribution in [0.1, 0.15) is 29.3 Å². The molecule has 0 saturated heterocycles. The molecule has 0 aliphatic carbocycles. The van der Waals surface area contributed by atoms with Gasteiger partial charge < -0.3 is 9.84 Å². The second kappa shape index (κ2) is 9.69. The summed E-state index contributed by atoms with van der Waals surface area (Å²) in [4.78, 5) is 39.3. The summed E-state index contributed by atoms with van der Waals surface area (Å²) in [6.45, 7) is 2.03. The fraction of sp³-hybridized carbons (Fsp3) is 0.227. The third-order valence-electron chi connectivity index (χ3n) is 4.31. The van der Waals surface area contributed by atoms with Gasteiger partial charge in [-0.3, -0.25) is 9.59 Å². The molecule has 0 fully saturated rings. The highest BCUT2D eigenvalue weighted by Gasteiger charge is 2.40. The van der Waals surface area contributed by atoms with Crippen molar-refractivity contribution in [2.75, 3.05) is 23.9 Å². The largest absolute Gasteiger partial charge is 0.462 e. The molecule has 1 aliphatic heterocycles. The van der Waals surface area contributed by atoms with E-state index in [4.69, 9.17) is 9.84 Å². The first-order valence-corrected chi connectivity index (χ1v) is 10.4. The van der Waals surface area contributed by atoms with E-state index in [1.54, 1.807) is 0 Å². The molecule has 0 saturated carbocycles. The molecule has 30 heavy (non-hydrogen) atoms. The number of hydrogen-bond donors (Lipinski definition) is 1. The van der Waals surface area contributed by atoms with Gasteiger partial charge in [-0.05, 0) is 48.4 Å². The average Bonchev–Trinajstić information content (AvgIpc) is 3.00. The van der Waals surface area contributed by atoms with Crippen molar-refractivity contribution >= 4 is 40.8 Å². The lowest BCUT2D eigenvalue weighted by molar-refractivity contribution is -0.119.